The van der Waals surface area contributed by atoms with Gasteiger partial charge in [0, 0.05) is 30.4 Å². The summed E-state index contributed by atoms with van der Waals surface area (Å²) >= 11 is 5.03. The molecule has 122 valence electrons. The summed E-state index contributed by atoms with van der Waals surface area (Å²) < 4.78 is 2.10. The number of aliphatic carboxylic acids is 1. The predicted molar refractivity (Wildman–Crippen MR) is 92.6 cm³/mol. The summed E-state index contributed by atoms with van der Waals surface area (Å²) in [5.41, 5.74) is 0.129. The number of nitrogens with zero attached hydrogens (tertiary/aromatic N) is 2. The lowest BCUT2D eigenvalue weighted by Crippen LogP contribution is -2.34. The first-order valence-corrected chi connectivity index (χ1v) is 9.04. The van der Waals surface area contributed by atoms with Crippen molar-refractivity contribution in [3.05, 3.63) is 27.7 Å². The molecule has 1 atom stereocenters. The molecule has 1 aliphatic rings. The van der Waals surface area contributed by atoms with Crippen LogP contribution in [0.1, 0.15) is 24.8 Å². The smallest absolute Gasteiger partial charge is 0.311 e. The monoisotopic (exact) mass is 396 g/mol. The first-order valence-electron chi connectivity index (χ1n) is 7.43. The quantitative estimate of drug-likeness (QED) is 0.860. The molecule has 1 aromatic carbocycles. The molecular formula is C16H17BrN2O3S. The number of halogens is 1. The van der Waals surface area contributed by atoms with Gasteiger partial charge in [0.05, 0.1) is 20.6 Å². The van der Waals surface area contributed by atoms with Crippen molar-refractivity contribution in [3.63, 3.8) is 0 Å². The summed E-state index contributed by atoms with van der Waals surface area (Å²) in [4.78, 5) is 29.8. The molecule has 0 unspecified atom stereocenters. The number of amides is 1. The van der Waals surface area contributed by atoms with Gasteiger partial charge in [0.2, 0.25) is 5.91 Å². The number of carbonyl (C=O) groups is 2. The summed E-state index contributed by atoms with van der Waals surface area (Å²) in [7, 11) is 0. The number of thiazole rings is 1. The van der Waals surface area contributed by atoms with Crippen LogP contribution >= 0.6 is 27.3 Å². The highest BCUT2D eigenvalue weighted by atomic mass is 79.9. The van der Waals surface area contributed by atoms with E-state index in [2.05, 4.69) is 20.9 Å². The van der Waals surface area contributed by atoms with Crippen LogP contribution in [-0.4, -0.2) is 40.0 Å². The minimum atomic E-state index is -0.829. The van der Waals surface area contributed by atoms with E-state index < -0.39 is 11.4 Å². The molecule has 0 saturated carbocycles. The molecule has 0 aliphatic carbocycles. The highest BCUT2D eigenvalue weighted by Crippen LogP contribution is 2.31. The zero-order valence-electron chi connectivity index (χ0n) is 12.7. The Bertz CT molecular complexity index is 776. The van der Waals surface area contributed by atoms with Crippen LogP contribution in [-0.2, 0) is 16.0 Å². The number of hydrogen-bond donors (Lipinski definition) is 1. The van der Waals surface area contributed by atoms with Crippen LogP contribution in [0, 0.1) is 5.41 Å². The van der Waals surface area contributed by atoms with E-state index in [4.69, 9.17) is 0 Å². The van der Waals surface area contributed by atoms with Gasteiger partial charge in [0.1, 0.15) is 0 Å². The van der Waals surface area contributed by atoms with Crippen molar-refractivity contribution >= 4 is 49.4 Å². The topological polar surface area (TPSA) is 70.5 Å². The molecule has 1 aromatic heterocycles. The van der Waals surface area contributed by atoms with E-state index >= 15 is 0 Å². The molecule has 3 rings (SSSR count). The Morgan fingerprint density at radius 2 is 2.26 bits per heavy atom. The van der Waals surface area contributed by atoms with Crippen LogP contribution in [0.4, 0.5) is 0 Å². The summed E-state index contributed by atoms with van der Waals surface area (Å²) in [6, 6.07) is 5.96. The van der Waals surface area contributed by atoms with Gasteiger partial charge in [-0.05, 0) is 31.5 Å². The standard InChI is InChI=1S/C16H17BrN2O3S/c1-16(15(21)22)6-7-19(9-16)14(20)5-4-13-18-11-8-10(17)2-3-12(11)23-13/h2-3,8H,4-7,9H2,1H3,(H,21,22)/t16-/m1/s1. The predicted octanol–water partition coefficient (Wildman–Crippen LogP) is 3.31. The maximum Gasteiger partial charge on any atom is 0.311 e. The van der Waals surface area contributed by atoms with E-state index in [1.165, 1.54) is 0 Å². The number of hydrogen-bond acceptors (Lipinski definition) is 4. The van der Waals surface area contributed by atoms with E-state index in [1.54, 1.807) is 23.2 Å². The minimum absolute atomic E-state index is 0.00964. The number of aromatic nitrogens is 1. The van der Waals surface area contributed by atoms with Gasteiger partial charge >= 0.3 is 5.97 Å². The second-order valence-corrected chi connectivity index (χ2v) is 8.18. The second kappa shape index (κ2) is 6.20. The molecule has 1 aliphatic heterocycles. The Hall–Kier alpha value is -1.47. The van der Waals surface area contributed by atoms with Gasteiger partial charge in [-0.3, -0.25) is 9.59 Å². The zero-order chi connectivity index (χ0) is 16.6. The van der Waals surface area contributed by atoms with Crippen molar-refractivity contribution in [2.45, 2.75) is 26.2 Å². The van der Waals surface area contributed by atoms with Crippen molar-refractivity contribution in [2.24, 2.45) is 5.41 Å². The van der Waals surface area contributed by atoms with Crippen molar-refractivity contribution in [2.75, 3.05) is 13.1 Å². The van der Waals surface area contributed by atoms with Crippen LogP contribution in [0.3, 0.4) is 0 Å². The van der Waals surface area contributed by atoms with Crippen molar-refractivity contribution in [3.8, 4) is 0 Å². The van der Waals surface area contributed by atoms with Gasteiger partial charge in [-0.15, -0.1) is 11.3 Å². The van der Waals surface area contributed by atoms with E-state index in [1.807, 2.05) is 18.2 Å². The maximum absolute atomic E-state index is 12.3. The molecule has 23 heavy (non-hydrogen) atoms. The largest absolute Gasteiger partial charge is 0.481 e. The number of benzene rings is 1. The average molecular weight is 397 g/mol. The van der Waals surface area contributed by atoms with E-state index in [9.17, 15) is 14.7 Å². The third kappa shape index (κ3) is 3.40. The van der Waals surface area contributed by atoms with Crippen LogP contribution in [0.15, 0.2) is 22.7 Å². The molecule has 1 fully saturated rings. The Kier molecular flexibility index (Phi) is 4.42. The van der Waals surface area contributed by atoms with Crippen LogP contribution in [0.2, 0.25) is 0 Å². The van der Waals surface area contributed by atoms with E-state index in [0.29, 0.717) is 32.4 Å². The first-order chi connectivity index (χ1) is 10.9. The van der Waals surface area contributed by atoms with E-state index in [-0.39, 0.29) is 5.91 Å². The number of carbonyl (C=O) groups excluding carboxylic acids is 1. The molecule has 0 spiro atoms. The number of likely N-dealkylation sites (tertiary alicyclic amines) is 1. The molecule has 5 nitrogen and oxygen atoms in total. The van der Waals surface area contributed by atoms with Crippen LogP contribution < -0.4 is 0 Å². The average Bonchev–Trinajstić information content (AvgIpc) is 3.08. The minimum Gasteiger partial charge on any atom is -0.481 e. The summed E-state index contributed by atoms with van der Waals surface area (Å²) in [6.45, 7) is 2.52. The third-order valence-electron chi connectivity index (χ3n) is 4.29. The van der Waals surface area contributed by atoms with Gasteiger partial charge < -0.3 is 10.0 Å². The summed E-state index contributed by atoms with van der Waals surface area (Å²) in [6.07, 6.45) is 1.48. The molecular weight excluding hydrogens is 380 g/mol. The van der Waals surface area contributed by atoms with Gasteiger partial charge in [-0.25, -0.2) is 4.98 Å². The van der Waals surface area contributed by atoms with Crippen LogP contribution in [0.5, 0.6) is 0 Å². The van der Waals surface area contributed by atoms with Gasteiger partial charge in [-0.2, -0.15) is 0 Å². The SMILES string of the molecule is C[C@@]1(C(=O)O)CCN(C(=O)CCc2nc3cc(Br)ccc3s2)C1. The first kappa shape index (κ1) is 16.4. The molecule has 2 heterocycles. The molecule has 1 amide bonds. The number of carboxylic acids is 1. The summed E-state index contributed by atoms with van der Waals surface area (Å²) in [5, 5.41) is 10.2. The summed E-state index contributed by atoms with van der Waals surface area (Å²) in [5.74, 6) is -0.819. The lowest BCUT2D eigenvalue weighted by molar-refractivity contribution is -0.147. The molecule has 1 N–H and O–H groups in total. The second-order valence-electron chi connectivity index (χ2n) is 6.15. The molecule has 0 radical (unpaired) electrons. The van der Waals surface area contributed by atoms with E-state index in [0.717, 1.165) is 19.7 Å². The Morgan fingerprint density at radius 1 is 1.48 bits per heavy atom. The van der Waals surface area contributed by atoms with Gasteiger partial charge in [0.15, 0.2) is 0 Å². The molecule has 1 saturated heterocycles. The fourth-order valence-corrected chi connectivity index (χ4v) is 4.07. The Morgan fingerprint density at radius 3 is 2.96 bits per heavy atom. The van der Waals surface area contributed by atoms with Crippen LogP contribution in [0.25, 0.3) is 10.2 Å². The Balaban J connectivity index is 1.61. The lowest BCUT2D eigenvalue weighted by atomic mass is 9.90. The molecule has 7 heteroatoms. The number of rotatable bonds is 4. The maximum atomic E-state index is 12.3. The molecule has 0 bridgehead atoms. The molecule has 2 aromatic rings. The fourth-order valence-electron chi connectivity index (χ4n) is 2.78. The van der Waals surface area contributed by atoms with Crippen molar-refractivity contribution < 1.29 is 14.7 Å². The van der Waals surface area contributed by atoms with Gasteiger partial charge in [0.25, 0.3) is 0 Å². The highest BCUT2D eigenvalue weighted by molar-refractivity contribution is 9.10. The Labute approximate surface area is 146 Å². The normalized spacial score (nSPS) is 21.0. The fraction of sp³-hybridized carbons (Fsp3) is 0.438. The number of fused-ring (bicyclic) bond motifs is 1. The number of carboxylic acid groups (broad SMARTS) is 1. The highest BCUT2D eigenvalue weighted by Gasteiger charge is 2.41. The van der Waals surface area contributed by atoms with Gasteiger partial charge in [-0.1, -0.05) is 15.9 Å². The number of aryl methyl sites for hydroxylation is 1. The third-order valence-corrected chi connectivity index (χ3v) is 5.88. The zero-order valence-corrected chi connectivity index (χ0v) is 15.1. The van der Waals surface area contributed by atoms with Crippen molar-refractivity contribution in [1.82, 2.24) is 9.88 Å². The van der Waals surface area contributed by atoms with Crippen molar-refractivity contribution in [1.29, 1.82) is 0 Å². The lowest BCUT2D eigenvalue weighted by Gasteiger charge is -2.20.